The summed E-state index contributed by atoms with van der Waals surface area (Å²) in [5, 5.41) is 15.0. The number of carbonyl (C=O) groups is 1. The van der Waals surface area contributed by atoms with Gasteiger partial charge in [0.2, 0.25) is 5.95 Å². The highest BCUT2D eigenvalue weighted by atomic mass is 16.3. The first-order valence-electron chi connectivity index (χ1n) is 8.40. The fourth-order valence-electron chi connectivity index (χ4n) is 2.36. The van der Waals surface area contributed by atoms with Crippen LogP contribution >= 0.6 is 0 Å². The average Bonchev–Trinajstić information content (AvgIpc) is 2.68. The number of amides is 1. The number of aromatic nitrogens is 3. The first kappa shape index (κ1) is 18.3. The van der Waals surface area contributed by atoms with E-state index >= 15 is 0 Å². The topological polar surface area (TPSA) is 126 Å². The number of rotatable bonds is 6. The molecule has 2 heterocycles. The van der Waals surface area contributed by atoms with Gasteiger partial charge < -0.3 is 21.5 Å². The van der Waals surface area contributed by atoms with Crippen molar-refractivity contribution in [2.45, 2.75) is 13.0 Å². The lowest BCUT2D eigenvalue weighted by Crippen LogP contribution is -2.22. The number of nitrogens with zero attached hydrogens (tertiary/aromatic N) is 3. The molecule has 1 amide bonds. The quantitative estimate of drug-likeness (QED) is 0.494. The highest BCUT2D eigenvalue weighted by molar-refractivity contribution is 6.04. The van der Waals surface area contributed by atoms with Gasteiger partial charge in [0.25, 0.3) is 5.91 Å². The standard InChI is InChI=1S/C19H20N6O2/c1-12(11-26)22-19-23-16(15-7-2-3-8-21-15)10-17(25-19)24-18(27)13-5-4-6-14(20)9-13/h2-10,12,26H,11,20H2,1H3,(H2,22,23,24,25,27)/t12-/m0/s1. The summed E-state index contributed by atoms with van der Waals surface area (Å²) < 4.78 is 0. The molecule has 138 valence electrons. The number of aliphatic hydroxyl groups is 1. The van der Waals surface area contributed by atoms with Crippen molar-refractivity contribution in [3.05, 3.63) is 60.3 Å². The lowest BCUT2D eigenvalue weighted by atomic mass is 10.2. The zero-order chi connectivity index (χ0) is 19.2. The molecule has 0 aliphatic rings. The maximum absolute atomic E-state index is 12.5. The summed E-state index contributed by atoms with van der Waals surface area (Å²) in [6.07, 6.45) is 1.66. The monoisotopic (exact) mass is 364 g/mol. The van der Waals surface area contributed by atoms with Crippen LogP contribution in [0.2, 0.25) is 0 Å². The predicted octanol–water partition coefficient (Wildman–Crippen LogP) is 2.17. The summed E-state index contributed by atoms with van der Waals surface area (Å²) in [7, 11) is 0. The van der Waals surface area contributed by atoms with Crippen molar-refractivity contribution in [3.8, 4) is 11.4 Å². The summed E-state index contributed by atoms with van der Waals surface area (Å²) in [5.41, 5.74) is 7.84. The molecule has 1 atom stereocenters. The maximum atomic E-state index is 12.5. The van der Waals surface area contributed by atoms with Gasteiger partial charge in [0.15, 0.2) is 0 Å². The minimum atomic E-state index is -0.339. The Balaban J connectivity index is 1.93. The first-order valence-corrected chi connectivity index (χ1v) is 8.40. The van der Waals surface area contributed by atoms with Crippen LogP contribution in [0.25, 0.3) is 11.4 Å². The average molecular weight is 364 g/mol. The molecular formula is C19H20N6O2. The van der Waals surface area contributed by atoms with Crippen molar-refractivity contribution in [2.75, 3.05) is 23.0 Å². The van der Waals surface area contributed by atoms with Crippen molar-refractivity contribution < 1.29 is 9.90 Å². The van der Waals surface area contributed by atoms with Gasteiger partial charge in [0.05, 0.1) is 18.0 Å². The van der Waals surface area contributed by atoms with Crippen LogP contribution in [0.5, 0.6) is 0 Å². The van der Waals surface area contributed by atoms with Crippen molar-refractivity contribution in [2.24, 2.45) is 0 Å². The summed E-state index contributed by atoms with van der Waals surface area (Å²) >= 11 is 0. The van der Waals surface area contributed by atoms with Gasteiger partial charge in [-0.1, -0.05) is 12.1 Å². The largest absolute Gasteiger partial charge is 0.399 e. The number of benzene rings is 1. The predicted molar refractivity (Wildman–Crippen MR) is 104 cm³/mol. The molecule has 0 spiro atoms. The number of pyridine rings is 1. The van der Waals surface area contributed by atoms with E-state index in [1.54, 1.807) is 49.5 Å². The van der Waals surface area contributed by atoms with Crippen LogP contribution in [-0.4, -0.2) is 38.6 Å². The third-order valence-corrected chi connectivity index (χ3v) is 3.69. The molecule has 27 heavy (non-hydrogen) atoms. The molecule has 3 aromatic rings. The molecule has 8 nitrogen and oxygen atoms in total. The molecule has 0 bridgehead atoms. The number of aliphatic hydroxyl groups excluding tert-OH is 1. The molecule has 0 aliphatic heterocycles. The van der Waals surface area contributed by atoms with Crippen LogP contribution in [0.15, 0.2) is 54.7 Å². The van der Waals surface area contributed by atoms with E-state index < -0.39 is 0 Å². The van der Waals surface area contributed by atoms with E-state index in [0.717, 1.165) is 0 Å². The number of nitrogens with one attached hydrogen (secondary N) is 2. The van der Waals surface area contributed by atoms with Gasteiger partial charge >= 0.3 is 0 Å². The Morgan fingerprint density at radius 2 is 2.00 bits per heavy atom. The number of hydrogen-bond donors (Lipinski definition) is 4. The lowest BCUT2D eigenvalue weighted by Gasteiger charge is -2.13. The number of carbonyl (C=O) groups excluding carboxylic acids is 1. The fraction of sp³-hybridized carbons (Fsp3) is 0.158. The van der Waals surface area contributed by atoms with E-state index in [0.29, 0.717) is 28.5 Å². The molecule has 5 N–H and O–H groups in total. The van der Waals surface area contributed by atoms with E-state index in [2.05, 4.69) is 25.6 Å². The Morgan fingerprint density at radius 3 is 2.70 bits per heavy atom. The molecule has 0 aliphatic carbocycles. The number of nitrogens with two attached hydrogens (primary N) is 1. The number of nitrogen functional groups attached to an aromatic ring is 1. The second kappa shape index (κ2) is 8.24. The number of anilines is 3. The van der Waals surface area contributed by atoms with Crippen LogP contribution in [-0.2, 0) is 0 Å². The Bertz CT molecular complexity index is 932. The first-order chi connectivity index (χ1) is 13.0. The van der Waals surface area contributed by atoms with Crippen LogP contribution in [0.3, 0.4) is 0 Å². The molecule has 3 rings (SSSR count). The number of hydrogen-bond acceptors (Lipinski definition) is 7. The second-order valence-electron chi connectivity index (χ2n) is 5.98. The highest BCUT2D eigenvalue weighted by Gasteiger charge is 2.13. The van der Waals surface area contributed by atoms with Crippen molar-refractivity contribution >= 4 is 23.4 Å². The van der Waals surface area contributed by atoms with Gasteiger partial charge in [-0.25, -0.2) is 4.98 Å². The Kier molecular flexibility index (Phi) is 5.58. The third kappa shape index (κ3) is 4.77. The lowest BCUT2D eigenvalue weighted by molar-refractivity contribution is 0.102. The third-order valence-electron chi connectivity index (χ3n) is 3.69. The molecule has 0 unspecified atom stereocenters. The van der Waals surface area contributed by atoms with Gasteiger partial charge in [-0.2, -0.15) is 4.98 Å². The fourth-order valence-corrected chi connectivity index (χ4v) is 2.36. The highest BCUT2D eigenvalue weighted by Crippen LogP contribution is 2.20. The van der Waals surface area contributed by atoms with Crippen LogP contribution in [0, 0.1) is 0 Å². The van der Waals surface area contributed by atoms with Crippen molar-refractivity contribution in [1.29, 1.82) is 0 Å². The Morgan fingerprint density at radius 1 is 1.15 bits per heavy atom. The van der Waals surface area contributed by atoms with E-state index in [1.165, 1.54) is 0 Å². The maximum Gasteiger partial charge on any atom is 0.256 e. The Hall–Kier alpha value is -3.52. The van der Waals surface area contributed by atoms with Gasteiger partial charge in [-0.05, 0) is 37.3 Å². The van der Waals surface area contributed by atoms with E-state index in [-0.39, 0.29) is 24.5 Å². The molecule has 2 aromatic heterocycles. The zero-order valence-electron chi connectivity index (χ0n) is 14.8. The molecule has 0 saturated carbocycles. The molecule has 0 saturated heterocycles. The minimum Gasteiger partial charge on any atom is -0.399 e. The molecule has 1 aromatic carbocycles. The summed E-state index contributed by atoms with van der Waals surface area (Å²) in [6.45, 7) is 1.71. The molecule has 8 heteroatoms. The zero-order valence-corrected chi connectivity index (χ0v) is 14.8. The normalized spacial score (nSPS) is 11.6. The molecule has 0 fully saturated rings. The summed E-state index contributed by atoms with van der Waals surface area (Å²) in [4.78, 5) is 25.5. The molecule has 0 radical (unpaired) electrons. The minimum absolute atomic E-state index is 0.0812. The van der Waals surface area contributed by atoms with Gasteiger partial charge in [-0.3, -0.25) is 9.78 Å². The summed E-state index contributed by atoms with van der Waals surface area (Å²) in [6, 6.07) is 13.5. The van der Waals surface area contributed by atoms with Crippen molar-refractivity contribution in [3.63, 3.8) is 0 Å². The Labute approximate surface area is 156 Å². The van der Waals surface area contributed by atoms with Gasteiger partial charge in [0.1, 0.15) is 5.82 Å². The summed E-state index contributed by atoms with van der Waals surface area (Å²) in [5.74, 6) is 0.252. The van der Waals surface area contributed by atoms with Crippen LogP contribution in [0.4, 0.5) is 17.5 Å². The van der Waals surface area contributed by atoms with Gasteiger partial charge in [-0.15, -0.1) is 0 Å². The van der Waals surface area contributed by atoms with Crippen LogP contribution in [0.1, 0.15) is 17.3 Å². The van der Waals surface area contributed by atoms with E-state index in [9.17, 15) is 9.90 Å². The van der Waals surface area contributed by atoms with Gasteiger partial charge in [0, 0.05) is 29.6 Å². The smallest absolute Gasteiger partial charge is 0.256 e. The van der Waals surface area contributed by atoms with E-state index in [1.807, 2.05) is 12.1 Å². The second-order valence-corrected chi connectivity index (χ2v) is 5.98. The van der Waals surface area contributed by atoms with Crippen LogP contribution < -0.4 is 16.4 Å². The SMILES string of the molecule is C[C@@H](CO)Nc1nc(NC(=O)c2cccc(N)c2)cc(-c2ccccn2)n1. The van der Waals surface area contributed by atoms with E-state index in [4.69, 9.17) is 5.73 Å². The molecular weight excluding hydrogens is 344 g/mol. The van der Waals surface area contributed by atoms with Crippen molar-refractivity contribution in [1.82, 2.24) is 15.0 Å².